The molecule has 0 saturated carbocycles. The first kappa shape index (κ1) is 21.2. The van der Waals surface area contributed by atoms with Gasteiger partial charge < -0.3 is 9.47 Å². The molecule has 0 atom stereocenters. The smallest absolute Gasteiger partial charge is 0.185 e. The molecule has 2 aromatic carbocycles. The quantitative estimate of drug-likeness (QED) is 0.218. The molecule has 160 valence electrons. The number of benzene rings is 2. The van der Waals surface area contributed by atoms with E-state index in [2.05, 4.69) is 4.98 Å². The average Bonchev–Trinajstić information content (AvgIpc) is 3.29. The van der Waals surface area contributed by atoms with E-state index in [4.69, 9.17) is 14.6 Å². The van der Waals surface area contributed by atoms with Crippen LogP contribution in [0.4, 0.5) is 0 Å². The maximum Gasteiger partial charge on any atom is 0.185 e. The SMILES string of the molecule is COCCOc1ccc(C(=O)/C=C/c2cn(-c3ccccc3)nc2-c2cccnc2)cc1. The van der Waals surface area contributed by atoms with Crippen molar-refractivity contribution in [2.24, 2.45) is 0 Å². The summed E-state index contributed by atoms with van der Waals surface area (Å²) in [5, 5.41) is 4.74. The zero-order valence-corrected chi connectivity index (χ0v) is 17.7. The Morgan fingerprint density at radius 2 is 1.81 bits per heavy atom. The van der Waals surface area contributed by atoms with E-state index in [9.17, 15) is 4.79 Å². The van der Waals surface area contributed by atoms with Gasteiger partial charge in [-0.1, -0.05) is 18.2 Å². The van der Waals surface area contributed by atoms with Crippen LogP contribution in [0.15, 0.2) is 91.4 Å². The molecule has 2 aromatic heterocycles. The fraction of sp³-hybridized carbons (Fsp3) is 0.115. The standard InChI is InChI=1S/C26H23N3O3/c1-31-16-17-32-24-12-9-20(10-13-24)25(30)14-11-22-19-29(23-7-3-2-4-8-23)28-26(22)21-6-5-15-27-18-21/h2-15,18-19H,16-17H2,1H3/b14-11+. The van der Waals surface area contributed by atoms with E-state index in [0.717, 1.165) is 22.5 Å². The molecule has 0 aliphatic rings. The molecule has 32 heavy (non-hydrogen) atoms. The number of pyridine rings is 1. The zero-order chi connectivity index (χ0) is 22.2. The van der Waals surface area contributed by atoms with E-state index >= 15 is 0 Å². The van der Waals surface area contributed by atoms with Gasteiger partial charge in [0.15, 0.2) is 5.78 Å². The number of hydrogen-bond donors (Lipinski definition) is 0. The summed E-state index contributed by atoms with van der Waals surface area (Å²) in [5.41, 5.74) is 3.99. The Kier molecular flexibility index (Phi) is 6.84. The molecule has 0 amide bonds. The number of carbonyl (C=O) groups is 1. The van der Waals surface area contributed by atoms with Gasteiger partial charge >= 0.3 is 0 Å². The fourth-order valence-corrected chi connectivity index (χ4v) is 3.17. The Bertz CT molecular complexity index is 1180. The molecule has 0 aliphatic heterocycles. The van der Waals surface area contributed by atoms with Crippen LogP contribution < -0.4 is 4.74 Å². The molecular weight excluding hydrogens is 402 g/mol. The third-order valence-electron chi connectivity index (χ3n) is 4.81. The zero-order valence-electron chi connectivity index (χ0n) is 17.7. The largest absolute Gasteiger partial charge is 0.491 e. The normalized spacial score (nSPS) is 11.0. The topological polar surface area (TPSA) is 66.2 Å². The van der Waals surface area contributed by atoms with Gasteiger partial charge in [-0.15, -0.1) is 0 Å². The lowest BCUT2D eigenvalue weighted by Gasteiger charge is -2.05. The highest BCUT2D eigenvalue weighted by Crippen LogP contribution is 2.24. The molecule has 0 unspecified atom stereocenters. The van der Waals surface area contributed by atoms with Gasteiger partial charge in [0.25, 0.3) is 0 Å². The Labute approximate surface area is 186 Å². The first-order valence-electron chi connectivity index (χ1n) is 10.2. The first-order chi connectivity index (χ1) is 15.7. The molecule has 6 nitrogen and oxygen atoms in total. The van der Waals surface area contributed by atoms with Crippen LogP contribution >= 0.6 is 0 Å². The summed E-state index contributed by atoms with van der Waals surface area (Å²) in [5.74, 6) is 0.601. The summed E-state index contributed by atoms with van der Waals surface area (Å²) < 4.78 is 12.3. The maximum absolute atomic E-state index is 12.7. The minimum Gasteiger partial charge on any atom is -0.491 e. The third kappa shape index (κ3) is 5.17. The second kappa shape index (κ2) is 10.3. The van der Waals surface area contributed by atoms with Crippen LogP contribution in [0.2, 0.25) is 0 Å². The maximum atomic E-state index is 12.7. The van der Waals surface area contributed by atoms with Crippen molar-refractivity contribution in [3.8, 4) is 22.7 Å². The summed E-state index contributed by atoms with van der Waals surface area (Å²) in [7, 11) is 1.63. The predicted octanol–water partition coefficient (Wildman–Crippen LogP) is 4.86. The Balaban J connectivity index is 1.57. The van der Waals surface area contributed by atoms with Crippen LogP contribution in [-0.4, -0.2) is 40.9 Å². The number of carbonyl (C=O) groups excluding carboxylic acids is 1. The van der Waals surface area contributed by atoms with Crippen LogP contribution in [0.5, 0.6) is 5.75 Å². The van der Waals surface area contributed by atoms with Gasteiger partial charge in [0.2, 0.25) is 0 Å². The molecule has 0 bridgehead atoms. The molecule has 4 aromatic rings. The van der Waals surface area contributed by atoms with E-state index < -0.39 is 0 Å². The van der Waals surface area contributed by atoms with Gasteiger partial charge in [0, 0.05) is 42.4 Å². The Morgan fingerprint density at radius 1 is 1.00 bits per heavy atom. The number of ether oxygens (including phenoxy) is 2. The molecule has 0 spiro atoms. The lowest BCUT2D eigenvalue weighted by atomic mass is 10.1. The first-order valence-corrected chi connectivity index (χ1v) is 10.2. The van der Waals surface area contributed by atoms with Crippen molar-refractivity contribution in [1.82, 2.24) is 14.8 Å². The van der Waals surface area contributed by atoms with Crippen molar-refractivity contribution in [2.75, 3.05) is 20.3 Å². The van der Waals surface area contributed by atoms with Gasteiger partial charge in [0.05, 0.1) is 12.3 Å². The summed E-state index contributed by atoms with van der Waals surface area (Å²) in [6.07, 6.45) is 8.75. The highest BCUT2D eigenvalue weighted by Gasteiger charge is 2.11. The third-order valence-corrected chi connectivity index (χ3v) is 4.81. The van der Waals surface area contributed by atoms with E-state index in [1.807, 2.05) is 48.7 Å². The molecule has 0 fully saturated rings. The van der Waals surface area contributed by atoms with Gasteiger partial charge in [-0.2, -0.15) is 5.10 Å². The molecule has 0 radical (unpaired) electrons. The molecule has 0 aliphatic carbocycles. The van der Waals surface area contributed by atoms with E-state index in [-0.39, 0.29) is 5.78 Å². The molecule has 4 rings (SSSR count). The summed E-state index contributed by atoms with van der Waals surface area (Å²) in [6.45, 7) is 0.978. The number of hydrogen-bond acceptors (Lipinski definition) is 5. The number of rotatable bonds is 9. The second-order valence-corrected chi connectivity index (χ2v) is 7.02. The molecular formula is C26H23N3O3. The van der Waals surface area contributed by atoms with E-state index in [1.54, 1.807) is 60.6 Å². The minimum absolute atomic E-state index is 0.0990. The average molecular weight is 425 g/mol. The monoisotopic (exact) mass is 425 g/mol. The molecule has 0 saturated heterocycles. The van der Waals surface area contributed by atoms with Gasteiger partial charge in [-0.3, -0.25) is 9.78 Å². The summed E-state index contributed by atoms with van der Waals surface area (Å²) in [6, 6.07) is 20.7. The Morgan fingerprint density at radius 3 is 2.53 bits per heavy atom. The van der Waals surface area contributed by atoms with Crippen molar-refractivity contribution < 1.29 is 14.3 Å². The van der Waals surface area contributed by atoms with Crippen molar-refractivity contribution in [2.45, 2.75) is 0 Å². The van der Waals surface area contributed by atoms with Crippen molar-refractivity contribution >= 4 is 11.9 Å². The summed E-state index contributed by atoms with van der Waals surface area (Å²) in [4.78, 5) is 16.9. The van der Waals surface area contributed by atoms with Gasteiger partial charge in [0.1, 0.15) is 18.1 Å². The van der Waals surface area contributed by atoms with Crippen LogP contribution in [0.25, 0.3) is 23.0 Å². The van der Waals surface area contributed by atoms with Crippen molar-refractivity contribution in [1.29, 1.82) is 0 Å². The van der Waals surface area contributed by atoms with Crippen LogP contribution in [0, 0.1) is 0 Å². The number of methoxy groups -OCH3 is 1. The van der Waals surface area contributed by atoms with Crippen molar-refractivity contribution in [3.05, 3.63) is 103 Å². The van der Waals surface area contributed by atoms with Gasteiger partial charge in [-0.25, -0.2) is 4.68 Å². The number of allylic oxidation sites excluding steroid dienone is 1. The molecule has 6 heteroatoms. The van der Waals surface area contributed by atoms with E-state index in [0.29, 0.717) is 24.5 Å². The van der Waals surface area contributed by atoms with Crippen molar-refractivity contribution in [3.63, 3.8) is 0 Å². The predicted molar refractivity (Wildman–Crippen MR) is 124 cm³/mol. The minimum atomic E-state index is -0.0990. The van der Waals surface area contributed by atoms with Crippen LogP contribution in [0.1, 0.15) is 15.9 Å². The van der Waals surface area contributed by atoms with Gasteiger partial charge in [-0.05, 0) is 60.7 Å². The lowest BCUT2D eigenvalue weighted by molar-refractivity contribution is 0.104. The fourth-order valence-electron chi connectivity index (χ4n) is 3.17. The lowest BCUT2D eigenvalue weighted by Crippen LogP contribution is -2.04. The number of nitrogens with zero attached hydrogens (tertiary/aromatic N) is 3. The van der Waals surface area contributed by atoms with E-state index in [1.165, 1.54) is 0 Å². The van der Waals surface area contributed by atoms with Crippen LogP contribution in [0.3, 0.4) is 0 Å². The number of ketones is 1. The number of aromatic nitrogens is 3. The van der Waals surface area contributed by atoms with Crippen LogP contribution in [-0.2, 0) is 4.74 Å². The highest BCUT2D eigenvalue weighted by atomic mass is 16.5. The molecule has 2 heterocycles. The summed E-state index contributed by atoms with van der Waals surface area (Å²) >= 11 is 0. The second-order valence-electron chi connectivity index (χ2n) is 7.02. The number of para-hydroxylation sites is 1. The highest BCUT2D eigenvalue weighted by molar-refractivity contribution is 6.07. The Hall–Kier alpha value is -4.03. The molecule has 0 N–H and O–H groups in total.